The number of carbonyl (C=O) groups is 3. The lowest BCUT2D eigenvalue weighted by Gasteiger charge is -2.30. The second-order valence-corrected chi connectivity index (χ2v) is 8.89. The molecule has 5 heterocycles. The Hall–Kier alpha value is -5.21. The summed E-state index contributed by atoms with van der Waals surface area (Å²) in [6.45, 7) is 1.30. The van der Waals surface area contributed by atoms with Crippen molar-refractivity contribution in [2.75, 3.05) is 18.4 Å². The third kappa shape index (κ3) is 8.18. The minimum atomic E-state index is -5.08. The highest BCUT2D eigenvalue weighted by atomic mass is 19.4. The Labute approximate surface area is 238 Å². The Morgan fingerprint density at radius 3 is 2.16 bits per heavy atom. The second-order valence-electron chi connectivity index (χ2n) is 8.89. The van der Waals surface area contributed by atoms with Crippen molar-refractivity contribution in [2.24, 2.45) is 0 Å². The first-order valence-corrected chi connectivity index (χ1v) is 12.1. The van der Waals surface area contributed by atoms with E-state index in [2.05, 4.69) is 20.3 Å². The molecule has 0 aliphatic carbocycles. The number of imidazole rings is 1. The number of halogens is 6. The molecule has 0 radical (unpaired) electrons. The number of likely N-dealkylation sites (tertiary alicyclic amines) is 1. The smallest absolute Gasteiger partial charge is 0.475 e. The van der Waals surface area contributed by atoms with Crippen LogP contribution in [0.3, 0.4) is 0 Å². The molecule has 0 unspecified atom stereocenters. The molecule has 1 fully saturated rings. The number of aromatic nitrogens is 4. The summed E-state index contributed by atoms with van der Waals surface area (Å²) in [5, 5.41) is 26.4. The number of fused-ring (bicyclic) bond motifs is 5. The van der Waals surface area contributed by atoms with Crippen LogP contribution in [-0.4, -0.2) is 78.3 Å². The molecule has 0 aromatic carbocycles. The van der Waals surface area contributed by atoms with Crippen molar-refractivity contribution in [3.63, 3.8) is 0 Å². The van der Waals surface area contributed by atoms with E-state index in [0.29, 0.717) is 13.1 Å². The van der Waals surface area contributed by atoms with Gasteiger partial charge in [-0.05, 0) is 31.0 Å². The number of pyridine rings is 2. The summed E-state index contributed by atoms with van der Waals surface area (Å²) in [4.78, 5) is 48.8. The molecular formula is C25H21F6N7O5. The summed E-state index contributed by atoms with van der Waals surface area (Å²) in [6.07, 6.45) is -3.25. The molecule has 4 N–H and O–H groups in total. The third-order valence-corrected chi connectivity index (χ3v) is 6.08. The fourth-order valence-corrected chi connectivity index (χ4v) is 4.09. The number of carboxylic acid groups (broad SMARTS) is 2. The van der Waals surface area contributed by atoms with E-state index in [1.54, 1.807) is 23.5 Å². The molecule has 43 heavy (non-hydrogen) atoms. The number of hydrogen-bond acceptors (Lipinski definition) is 8. The summed E-state index contributed by atoms with van der Waals surface area (Å²) >= 11 is 0. The van der Waals surface area contributed by atoms with E-state index in [-0.39, 0.29) is 18.2 Å². The lowest BCUT2D eigenvalue weighted by atomic mass is 9.96. The molecular weight excluding hydrogens is 592 g/mol. The predicted molar refractivity (Wildman–Crippen MR) is 134 cm³/mol. The highest BCUT2D eigenvalue weighted by Gasteiger charge is 2.39. The number of aliphatic carboxylic acids is 2. The van der Waals surface area contributed by atoms with Gasteiger partial charge in [0.2, 0.25) is 5.91 Å². The molecule has 2 aliphatic heterocycles. The van der Waals surface area contributed by atoms with Crippen LogP contribution in [0, 0.1) is 11.3 Å². The Morgan fingerprint density at radius 2 is 1.60 bits per heavy atom. The van der Waals surface area contributed by atoms with E-state index in [1.807, 2.05) is 24.3 Å². The van der Waals surface area contributed by atoms with Gasteiger partial charge in [-0.2, -0.15) is 31.6 Å². The molecule has 0 bridgehead atoms. The van der Waals surface area contributed by atoms with Crippen LogP contribution < -0.4 is 5.32 Å². The number of rotatable bonds is 2. The van der Waals surface area contributed by atoms with Gasteiger partial charge in [-0.15, -0.1) is 0 Å². The summed E-state index contributed by atoms with van der Waals surface area (Å²) in [7, 11) is 0. The lowest BCUT2D eigenvalue weighted by molar-refractivity contribution is -0.193. The molecule has 5 rings (SSSR count). The Balaban J connectivity index is 0.000000303. The highest BCUT2D eigenvalue weighted by Crippen LogP contribution is 2.43. The summed E-state index contributed by atoms with van der Waals surface area (Å²) in [5.41, 5.74) is 4.68. The van der Waals surface area contributed by atoms with Crippen LogP contribution in [0.5, 0.6) is 0 Å². The number of piperidine rings is 1. The topological polar surface area (TPSA) is 185 Å². The van der Waals surface area contributed by atoms with E-state index in [9.17, 15) is 31.1 Å². The predicted octanol–water partition coefficient (Wildman–Crippen LogP) is 4.48. The van der Waals surface area contributed by atoms with E-state index >= 15 is 0 Å². The third-order valence-electron chi connectivity index (χ3n) is 6.08. The number of nitriles is 1. The molecule has 3 aromatic rings. The first-order valence-electron chi connectivity index (χ1n) is 12.1. The van der Waals surface area contributed by atoms with Crippen molar-refractivity contribution in [2.45, 2.75) is 37.5 Å². The van der Waals surface area contributed by atoms with Gasteiger partial charge >= 0.3 is 24.3 Å². The average Bonchev–Trinajstić information content (AvgIpc) is 3.33. The molecule has 0 atom stereocenters. The van der Waals surface area contributed by atoms with E-state index in [1.165, 1.54) is 0 Å². The number of alkyl halides is 6. The molecule has 2 aliphatic rings. The minimum Gasteiger partial charge on any atom is -0.475 e. The van der Waals surface area contributed by atoms with Crippen LogP contribution in [0.2, 0.25) is 0 Å². The molecule has 0 saturated carbocycles. The van der Waals surface area contributed by atoms with Crippen LogP contribution in [0.1, 0.15) is 31.0 Å². The minimum absolute atomic E-state index is 0.0542. The van der Waals surface area contributed by atoms with Gasteiger partial charge < -0.3 is 25.4 Å². The monoisotopic (exact) mass is 613 g/mol. The normalized spacial score (nSPS) is 14.0. The van der Waals surface area contributed by atoms with Crippen molar-refractivity contribution in [3.8, 4) is 28.6 Å². The van der Waals surface area contributed by atoms with Crippen LogP contribution in [0.25, 0.3) is 22.5 Å². The van der Waals surface area contributed by atoms with Gasteiger partial charge in [0.15, 0.2) is 0 Å². The quantitative estimate of drug-likeness (QED) is 0.235. The number of carboxylic acids is 2. The number of H-pyrrole nitrogens is 1. The van der Waals surface area contributed by atoms with Gasteiger partial charge in [0.1, 0.15) is 23.8 Å². The SMILES string of the molecule is N#CCC(=O)N1CCC(c2nc3c([nH]2)-c2ccncc2Nc2ncccc2-3)CC1.O=C(O)C(F)(F)F.O=C(O)C(F)(F)F. The van der Waals surface area contributed by atoms with Gasteiger partial charge in [-0.1, -0.05) is 0 Å². The van der Waals surface area contributed by atoms with Crippen molar-refractivity contribution in [1.29, 1.82) is 5.26 Å². The summed E-state index contributed by atoms with van der Waals surface area (Å²) in [6, 6.07) is 7.83. The van der Waals surface area contributed by atoms with E-state index in [4.69, 9.17) is 30.0 Å². The molecule has 3 aromatic heterocycles. The Bertz CT molecular complexity index is 1440. The Kier molecular flexibility index (Phi) is 9.90. The Morgan fingerprint density at radius 1 is 1.00 bits per heavy atom. The molecule has 12 nitrogen and oxygen atoms in total. The zero-order valence-corrected chi connectivity index (χ0v) is 21.7. The average molecular weight is 613 g/mol. The number of anilines is 2. The van der Waals surface area contributed by atoms with Gasteiger partial charge in [-0.25, -0.2) is 19.6 Å². The molecule has 18 heteroatoms. The summed E-state index contributed by atoms with van der Waals surface area (Å²) < 4.78 is 63.5. The van der Waals surface area contributed by atoms with Crippen molar-refractivity contribution in [3.05, 3.63) is 42.6 Å². The van der Waals surface area contributed by atoms with Crippen molar-refractivity contribution in [1.82, 2.24) is 24.8 Å². The standard InChI is InChI=1S/C21H19N7O.2C2HF3O2/c22-7-3-17(29)28-10-5-13(6-11-28)20-26-18-14-4-9-23-12-16(14)25-21-15(19(18)27-20)2-1-8-24-21;2*3-2(4,5)1(6)7/h1-2,4,8-9,12-13H,3,5-6,10-11H2,(H,24,25)(H,26,27);2*(H,6,7). The molecule has 1 amide bonds. The van der Waals surface area contributed by atoms with Gasteiger partial charge in [0.05, 0.1) is 23.6 Å². The summed E-state index contributed by atoms with van der Waals surface area (Å²) in [5.74, 6) is -3.67. The van der Waals surface area contributed by atoms with Gasteiger partial charge in [0, 0.05) is 42.5 Å². The van der Waals surface area contributed by atoms with Gasteiger partial charge in [-0.3, -0.25) is 9.78 Å². The highest BCUT2D eigenvalue weighted by molar-refractivity contribution is 5.94. The molecule has 1 saturated heterocycles. The second kappa shape index (κ2) is 13.2. The van der Waals surface area contributed by atoms with Gasteiger partial charge in [0.25, 0.3) is 0 Å². The molecule has 228 valence electrons. The number of amides is 1. The first-order chi connectivity index (χ1) is 20.1. The van der Waals surface area contributed by atoms with Crippen molar-refractivity contribution >= 4 is 29.4 Å². The van der Waals surface area contributed by atoms with E-state index < -0.39 is 24.3 Å². The van der Waals surface area contributed by atoms with E-state index in [0.717, 1.165) is 52.7 Å². The maximum Gasteiger partial charge on any atom is 0.490 e. The maximum absolute atomic E-state index is 12.0. The lowest BCUT2D eigenvalue weighted by Crippen LogP contribution is -2.37. The largest absolute Gasteiger partial charge is 0.490 e. The number of carbonyl (C=O) groups excluding carboxylic acids is 1. The first kappa shape index (κ1) is 32.3. The number of aromatic amines is 1. The number of hydrogen-bond donors (Lipinski definition) is 4. The van der Waals surface area contributed by atoms with Crippen LogP contribution in [0.15, 0.2) is 36.8 Å². The van der Waals surface area contributed by atoms with Crippen LogP contribution in [0.4, 0.5) is 37.8 Å². The fourth-order valence-electron chi connectivity index (χ4n) is 4.09. The molecule has 0 spiro atoms. The number of nitrogens with zero attached hydrogens (tertiary/aromatic N) is 5. The fraction of sp³-hybridized carbons (Fsp3) is 0.320. The van der Waals surface area contributed by atoms with Crippen molar-refractivity contribution < 1.29 is 50.9 Å². The number of nitrogens with one attached hydrogen (secondary N) is 2. The maximum atomic E-state index is 12.0. The van der Waals surface area contributed by atoms with Crippen LogP contribution in [-0.2, 0) is 14.4 Å². The zero-order valence-electron chi connectivity index (χ0n) is 21.7. The zero-order chi connectivity index (χ0) is 31.9. The van der Waals surface area contributed by atoms with Crippen LogP contribution >= 0.6 is 0 Å².